The van der Waals surface area contributed by atoms with E-state index < -0.39 is 16.8 Å². The highest BCUT2D eigenvalue weighted by Gasteiger charge is 2.50. The number of methoxy groups -OCH3 is 3. The summed E-state index contributed by atoms with van der Waals surface area (Å²) in [5.74, 6) is 4.97. The number of aromatic nitrogens is 6. The van der Waals surface area contributed by atoms with Crippen molar-refractivity contribution in [2.24, 2.45) is 11.8 Å². The number of rotatable bonds is 15. The first-order valence-corrected chi connectivity index (χ1v) is 37.8. The van der Waals surface area contributed by atoms with Crippen LogP contribution in [0.15, 0.2) is 19.0 Å². The van der Waals surface area contributed by atoms with Gasteiger partial charge in [0.15, 0.2) is 16.1 Å². The number of carbonyl (C=O) groups excluding carboxylic acids is 3. The highest BCUT2D eigenvalue weighted by atomic mass is 35.5. The van der Waals surface area contributed by atoms with Gasteiger partial charge in [-0.05, 0) is 203 Å². The van der Waals surface area contributed by atoms with Gasteiger partial charge in [0.2, 0.25) is 11.5 Å². The molecule has 3 aromatic rings. The van der Waals surface area contributed by atoms with Gasteiger partial charge in [0.1, 0.15) is 60.2 Å². The average molecular weight is 1440 g/mol. The molecular weight excluding hydrogens is 1330 g/mol. The van der Waals surface area contributed by atoms with Gasteiger partial charge >= 0.3 is 18.3 Å². The van der Waals surface area contributed by atoms with Crippen molar-refractivity contribution in [3.05, 3.63) is 29.3 Å². The smallest absolute Gasteiger partial charge is 0.410 e. The fourth-order valence-electron chi connectivity index (χ4n) is 17.4. The monoisotopic (exact) mass is 1430 g/mol. The number of hydrogen-bond acceptors (Lipinski definition) is 22. The normalized spacial score (nSPS) is 31.1. The Morgan fingerprint density at radius 2 is 0.620 bits per heavy atom. The topological polar surface area (TPSA) is 257 Å². The number of hydrogen-bond donors (Lipinski definition) is 1. The fourth-order valence-corrected chi connectivity index (χ4v) is 17.8. The quantitative estimate of drug-likeness (QED) is 0.110. The van der Waals surface area contributed by atoms with E-state index in [9.17, 15) is 19.5 Å². The fraction of sp³-hybridized carbons (Fsp3) is 0.795. The number of fused-ring (bicyclic) bond motifs is 10. The van der Waals surface area contributed by atoms with Crippen LogP contribution >= 0.6 is 23.2 Å². The second kappa shape index (κ2) is 31.2. The Hall–Kier alpha value is -5.89. The lowest BCUT2D eigenvalue weighted by atomic mass is 9.99. The third-order valence-electron chi connectivity index (χ3n) is 21.8. The van der Waals surface area contributed by atoms with Crippen LogP contribution in [0.25, 0.3) is 0 Å². The van der Waals surface area contributed by atoms with E-state index >= 15 is 0 Å². The van der Waals surface area contributed by atoms with Gasteiger partial charge in [0.05, 0.1) is 27.4 Å². The van der Waals surface area contributed by atoms with Gasteiger partial charge in [-0.15, -0.1) is 0 Å². The molecule has 1 N–H and O–H groups in total. The van der Waals surface area contributed by atoms with Crippen LogP contribution in [-0.2, 0) is 14.2 Å². The third kappa shape index (κ3) is 18.4. The summed E-state index contributed by atoms with van der Waals surface area (Å²) in [5, 5.41) is 10.1. The molecule has 3 amide bonds. The van der Waals surface area contributed by atoms with E-state index in [-0.39, 0.29) is 95.4 Å². The number of aliphatic hydroxyl groups is 1. The maximum atomic E-state index is 12.8. The Morgan fingerprint density at radius 1 is 0.380 bits per heavy atom. The number of halogens is 2. The van der Waals surface area contributed by atoms with Crippen molar-refractivity contribution in [1.82, 2.24) is 54.4 Å². The summed E-state index contributed by atoms with van der Waals surface area (Å²) in [6.07, 6.45) is 28.8. The zero-order chi connectivity index (χ0) is 70.9. The maximum Gasteiger partial charge on any atom is 0.410 e. The van der Waals surface area contributed by atoms with Gasteiger partial charge in [-0.1, -0.05) is 23.2 Å². The first-order valence-electron chi connectivity index (χ1n) is 37.0. The molecule has 12 fully saturated rings. The van der Waals surface area contributed by atoms with E-state index in [1.54, 1.807) is 20.5 Å². The van der Waals surface area contributed by atoms with Gasteiger partial charge in [-0.3, -0.25) is 9.80 Å². The summed E-state index contributed by atoms with van der Waals surface area (Å²) in [7, 11) is 4.70. The lowest BCUT2D eigenvalue weighted by Crippen LogP contribution is -2.51. The van der Waals surface area contributed by atoms with Crippen LogP contribution in [0.3, 0.4) is 0 Å². The number of piperidine rings is 5. The summed E-state index contributed by atoms with van der Waals surface area (Å²) < 4.78 is 58.6. The first kappa shape index (κ1) is 73.8. The minimum absolute atomic E-state index is 0.0767. The molecule has 10 aliphatic heterocycles. The maximum absolute atomic E-state index is 12.8. The molecule has 3 aromatic heterocycles. The van der Waals surface area contributed by atoms with Crippen LogP contribution in [0.2, 0.25) is 10.3 Å². The van der Waals surface area contributed by atoms with Crippen LogP contribution < -0.4 is 33.2 Å². The number of amides is 3. The number of aliphatic hydroxyl groups excluding tert-OH is 1. The van der Waals surface area contributed by atoms with E-state index in [4.69, 9.17) is 70.6 Å². The predicted molar refractivity (Wildman–Crippen MR) is 373 cm³/mol. The van der Waals surface area contributed by atoms with Crippen molar-refractivity contribution < 1.29 is 66.9 Å². The molecule has 15 rings (SSSR count). The van der Waals surface area contributed by atoms with E-state index in [0.29, 0.717) is 103 Å². The molecule has 12 aliphatic rings. The molecule has 2 saturated carbocycles. The molecule has 0 spiro atoms. The number of ether oxygens (including phenoxy) is 10. The minimum Gasteiger partial charge on any atom is -0.491 e. The minimum atomic E-state index is -0.527. The van der Waals surface area contributed by atoms with Gasteiger partial charge in [0, 0.05) is 99.2 Å². The molecule has 2 aliphatic carbocycles. The molecule has 25 nitrogen and oxygen atoms in total. The summed E-state index contributed by atoms with van der Waals surface area (Å²) in [6, 6.07) is 3.36. The molecule has 10 saturated heterocycles. The third-order valence-corrected chi connectivity index (χ3v) is 22.4. The van der Waals surface area contributed by atoms with Gasteiger partial charge < -0.3 is 67.2 Å². The molecule has 13 heterocycles. The molecule has 7 unspecified atom stereocenters. The summed E-state index contributed by atoms with van der Waals surface area (Å²) in [6.45, 7) is 19.6. The van der Waals surface area contributed by atoms with Gasteiger partial charge in [-0.2, -0.15) is 19.9 Å². The molecule has 554 valence electrons. The zero-order valence-corrected chi connectivity index (χ0v) is 62.4. The molecular formula is C73H109Cl2N11O14. The standard InChI is InChI=1S/C29H44N4O7.C27H40N4O3.C12H21NO3.C5H4Cl2N2O/c1-28(2,3)39-26(34)32-17-8-9-18(32)13-21(12-17)37-24-23(36-7)25(31-16-30-24)38-22-14-19-10-11-20(15-22)33(19)27(35)40-29(4,5)6;1-32-25-26(33-23-10-19-6-7-20(11-23)30(19)14-17-2-3-17)28-16-29-27(25)34-24-12-21-8-9-22(13-24)31(21)15-18-4-5-18;1-12(2,3)16-11(15)13-8-4-5-9(13)7-10(14)6-8;1-10-3-4(6)8-2-9-5(3)7/h16-22H,8-15H2,1-7H3;16-24H,2-15H2,1H3;8-10,14H,4-7H2,1-3H3;2H,1H3/t17-,18+,19?,20?,21?,22?;19-,20+,21?,22?,23?,24?;8-,9+,10?;. The molecule has 13 atom stereocenters. The van der Waals surface area contributed by atoms with Crippen molar-refractivity contribution in [1.29, 1.82) is 0 Å². The van der Waals surface area contributed by atoms with E-state index in [0.717, 1.165) is 76.0 Å². The Kier molecular flexibility index (Phi) is 23.0. The molecule has 10 bridgehead atoms. The lowest BCUT2D eigenvalue weighted by molar-refractivity contribution is -0.0119. The van der Waals surface area contributed by atoms with Crippen molar-refractivity contribution in [3.63, 3.8) is 0 Å². The highest BCUT2D eigenvalue weighted by Crippen LogP contribution is 2.48. The molecule has 0 aromatic carbocycles. The van der Waals surface area contributed by atoms with Gasteiger partial charge in [-0.25, -0.2) is 24.4 Å². The van der Waals surface area contributed by atoms with Crippen molar-refractivity contribution in [2.75, 3.05) is 34.4 Å². The van der Waals surface area contributed by atoms with Crippen LogP contribution in [0.5, 0.6) is 40.8 Å². The average Bonchev–Trinajstić information content (AvgIpc) is 1.61. The Morgan fingerprint density at radius 3 is 0.860 bits per heavy atom. The van der Waals surface area contributed by atoms with E-state index in [1.807, 2.05) is 77.0 Å². The van der Waals surface area contributed by atoms with Crippen LogP contribution in [-0.4, -0.2) is 220 Å². The van der Waals surface area contributed by atoms with E-state index in [2.05, 4.69) is 39.7 Å². The number of carbonyl (C=O) groups is 3. The summed E-state index contributed by atoms with van der Waals surface area (Å²) >= 11 is 11.1. The van der Waals surface area contributed by atoms with Crippen molar-refractivity contribution in [3.8, 4) is 40.8 Å². The van der Waals surface area contributed by atoms with Gasteiger partial charge in [0.25, 0.3) is 23.5 Å². The second-order valence-corrected chi connectivity index (χ2v) is 33.6. The van der Waals surface area contributed by atoms with Crippen LogP contribution in [0.4, 0.5) is 14.4 Å². The molecule has 27 heteroatoms. The van der Waals surface area contributed by atoms with Crippen LogP contribution in [0.1, 0.15) is 216 Å². The SMILES string of the molecule is CC(C)(C)OC(=O)N1[C@@H]2CC[C@H]1CC(O)C2.COc1c(Cl)ncnc1Cl.COc1c(OC2CC3CCC(C2)N3C(=O)OC(C)(C)C)ncnc1OC1C[C@H]2CC[C@@H](C1)N2C(=O)OC(C)(C)C.COc1c(OC2CC3CCC(C2)N3CC2CC2)ncnc1OC1C[C@H]2CC[C@@H](C1)N2CC1CC1. The number of nitrogens with zero attached hydrogens (tertiary/aromatic N) is 11. The largest absolute Gasteiger partial charge is 0.491 e. The molecule has 100 heavy (non-hydrogen) atoms. The zero-order valence-electron chi connectivity index (χ0n) is 60.9. The van der Waals surface area contributed by atoms with Crippen molar-refractivity contribution >= 4 is 41.5 Å². The van der Waals surface area contributed by atoms with Crippen LogP contribution in [0, 0.1) is 11.8 Å². The Labute approximate surface area is 600 Å². The van der Waals surface area contributed by atoms with E-state index in [1.165, 1.54) is 84.2 Å². The molecule has 0 radical (unpaired) electrons. The summed E-state index contributed by atoms with van der Waals surface area (Å²) in [5.41, 5.74) is -1.49. The first-order chi connectivity index (χ1) is 47.7. The predicted octanol–water partition coefficient (Wildman–Crippen LogP) is 12.9. The second-order valence-electron chi connectivity index (χ2n) is 32.9. The van der Waals surface area contributed by atoms with Crippen molar-refractivity contribution in [2.45, 2.75) is 324 Å². The highest BCUT2D eigenvalue weighted by molar-refractivity contribution is 6.35. The Bertz CT molecular complexity index is 3060. The summed E-state index contributed by atoms with van der Waals surface area (Å²) in [4.78, 5) is 73.9. The Balaban J connectivity index is 0.000000141. The lowest BCUT2D eigenvalue weighted by Gasteiger charge is -2.39.